The fourth-order valence-corrected chi connectivity index (χ4v) is 1.40. The summed E-state index contributed by atoms with van der Waals surface area (Å²) in [7, 11) is 1.48. The topological polar surface area (TPSA) is 84.2 Å². The fraction of sp³-hybridized carbons (Fsp3) is 0.500. The van der Waals surface area contributed by atoms with E-state index in [2.05, 4.69) is 10.4 Å². The molecule has 6 heteroatoms. The van der Waals surface area contributed by atoms with Gasteiger partial charge in [0.15, 0.2) is 0 Å². The molecular formula is C10H13N3O3. The van der Waals surface area contributed by atoms with E-state index in [0.717, 1.165) is 17.5 Å². The summed E-state index contributed by atoms with van der Waals surface area (Å²) in [6.45, 7) is -0.0650. The number of nitrogens with zero attached hydrogens (tertiary/aromatic N) is 2. The van der Waals surface area contributed by atoms with Gasteiger partial charge in [-0.1, -0.05) is 0 Å². The van der Waals surface area contributed by atoms with Gasteiger partial charge in [-0.3, -0.25) is 9.59 Å². The minimum absolute atomic E-state index is 0.0650. The standard InChI is InChI=1S/C10H13N3O3/c1-13-8(15)3-2-7(12-13)9(16)11-10(6-14)4-5-10/h2-3,14H,4-6H2,1H3,(H,11,16). The first kappa shape index (κ1) is 10.8. The lowest BCUT2D eigenvalue weighted by molar-refractivity contribution is 0.0899. The molecule has 2 N–H and O–H groups in total. The van der Waals surface area contributed by atoms with Crippen molar-refractivity contribution in [3.05, 3.63) is 28.2 Å². The summed E-state index contributed by atoms with van der Waals surface area (Å²) in [6.07, 6.45) is 1.56. The molecule has 1 saturated carbocycles. The zero-order valence-corrected chi connectivity index (χ0v) is 8.93. The van der Waals surface area contributed by atoms with Gasteiger partial charge in [0.1, 0.15) is 5.69 Å². The number of aromatic nitrogens is 2. The lowest BCUT2D eigenvalue weighted by atomic mass is 10.2. The van der Waals surface area contributed by atoms with E-state index in [9.17, 15) is 9.59 Å². The monoisotopic (exact) mass is 223 g/mol. The molecule has 2 rings (SSSR count). The van der Waals surface area contributed by atoms with Gasteiger partial charge in [0.05, 0.1) is 12.1 Å². The van der Waals surface area contributed by atoms with Gasteiger partial charge in [-0.25, -0.2) is 4.68 Å². The number of amides is 1. The van der Waals surface area contributed by atoms with Gasteiger partial charge in [0.2, 0.25) is 0 Å². The van der Waals surface area contributed by atoms with Crippen LogP contribution < -0.4 is 10.9 Å². The fourth-order valence-electron chi connectivity index (χ4n) is 1.40. The zero-order chi connectivity index (χ0) is 11.8. The van der Waals surface area contributed by atoms with E-state index in [1.54, 1.807) is 0 Å². The van der Waals surface area contributed by atoms with Gasteiger partial charge < -0.3 is 10.4 Å². The van der Waals surface area contributed by atoms with Crippen molar-refractivity contribution in [3.63, 3.8) is 0 Å². The Kier molecular flexibility index (Phi) is 2.51. The second-order valence-electron chi connectivity index (χ2n) is 4.07. The summed E-state index contributed by atoms with van der Waals surface area (Å²) in [5, 5.41) is 15.6. The molecule has 1 amide bonds. The number of carbonyl (C=O) groups excluding carboxylic acids is 1. The second-order valence-corrected chi connectivity index (χ2v) is 4.07. The average Bonchev–Trinajstić information content (AvgIpc) is 3.02. The van der Waals surface area contributed by atoms with Crippen LogP contribution in [0.5, 0.6) is 0 Å². The van der Waals surface area contributed by atoms with E-state index >= 15 is 0 Å². The molecule has 1 aromatic heterocycles. The number of aryl methyl sites for hydroxylation is 1. The second kappa shape index (κ2) is 3.71. The minimum Gasteiger partial charge on any atom is -0.394 e. The highest BCUT2D eigenvalue weighted by atomic mass is 16.3. The van der Waals surface area contributed by atoms with E-state index < -0.39 is 5.54 Å². The predicted octanol–water partition coefficient (Wildman–Crippen LogP) is -0.965. The van der Waals surface area contributed by atoms with Crippen molar-refractivity contribution >= 4 is 5.91 Å². The lowest BCUT2D eigenvalue weighted by Crippen LogP contribution is -2.40. The van der Waals surface area contributed by atoms with E-state index in [4.69, 9.17) is 5.11 Å². The molecule has 1 fully saturated rings. The molecule has 1 aromatic rings. The van der Waals surface area contributed by atoms with E-state index in [1.807, 2.05) is 0 Å². The molecule has 0 radical (unpaired) electrons. The van der Waals surface area contributed by atoms with Crippen molar-refractivity contribution in [3.8, 4) is 0 Å². The van der Waals surface area contributed by atoms with Crippen molar-refractivity contribution < 1.29 is 9.90 Å². The molecule has 0 atom stereocenters. The molecule has 0 unspecified atom stereocenters. The number of nitrogens with one attached hydrogen (secondary N) is 1. The molecule has 6 nitrogen and oxygen atoms in total. The Bertz CT molecular complexity index is 476. The smallest absolute Gasteiger partial charge is 0.272 e. The molecule has 1 heterocycles. The summed E-state index contributed by atoms with van der Waals surface area (Å²) in [5.41, 5.74) is -0.547. The van der Waals surface area contributed by atoms with Crippen LogP contribution in [0.3, 0.4) is 0 Å². The van der Waals surface area contributed by atoms with Gasteiger partial charge in [-0.2, -0.15) is 5.10 Å². The largest absolute Gasteiger partial charge is 0.394 e. The number of rotatable bonds is 3. The normalized spacial score (nSPS) is 16.9. The minimum atomic E-state index is -0.465. The number of hydrogen-bond donors (Lipinski definition) is 2. The highest BCUT2D eigenvalue weighted by Gasteiger charge is 2.43. The van der Waals surface area contributed by atoms with Crippen molar-refractivity contribution in [2.24, 2.45) is 7.05 Å². The number of hydrogen-bond acceptors (Lipinski definition) is 4. The first-order valence-corrected chi connectivity index (χ1v) is 5.04. The van der Waals surface area contributed by atoms with E-state index in [-0.39, 0.29) is 23.8 Å². The predicted molar refractivity (Wildman–Crippen MR) is 56.0 cm³/mol. The molecular weight excluding hydrogens is 210 g/mol. The molecule has 0 aliphatic heterocycles. The van der Waals surface area contributed by atoms with Gasteiger partial charge >= 0.3 is 0 Å². The van der Waals surface area contributed by atoms with Crippen LogP contribution in [0.4, 0.5) is 0 Å². The van der Waals surface area contributed by atoms with Crippen molar-refractivity contribution in [1.82, 2.24) is 15.1 Å². The lowest BCUT2D eigenvalue weighted by Gasteiger charge is -2.13. The average molecular weight is 223 g/mol. The third-order valence-corrected chi connectivity index (χ3v) is 2.73. The van der Waals surface area contributed by atoms with E-state index in [0.29, 0.717) is 0 Å². The Morgan fingerprint density at radius 2 is 2.31 bits per heavy atom. The maximum atomic E-state index is 11.7. The molecule has 0 aromatic carbocycles. The van der Waals surface area contributed by atoms with Crippen molar-refractivity contribution in [1.29, 1.82) is 0 Å². The Balaban J connectivity index is 2.15. The maximum Gasteiger partial charge on any atom is 0.272 e. The first-order valence-electron chi connectivity index (χ1n) is 5.04. The Morgan fingerprint density at radius 3 is 2.81 bits per heavy atom. The molecule has 1 aliphatic carbocycles. The van der Waals surface area contributed by atoms with E-state index in [1.165, 1.54) is 19.2 Å². The van der Waals surface area contributed by atoms with Crippen LogP contribution >= 0.6 is 0 Å². The van der Waals surface area contributed by atoms with Crippen LogP contribution in [0.2, 0.25) is 0 Å². The Morgan fingerprint density at radius 1 is 1.62 bits per heavy atom. The molecule has 0 saturated heterocycles. The maximum absolute atomic E-state index is 11.7. The molecule has 0 bridgehead atoms. The van der Waals surface area contributed by atoms with Crippen LogP contribution in [0.15, 0.2) is 16.9 Å². The first-order chi connectivity index (χ1) is 7.56. The van der Waals surface area contributed by atoms with Crippen molar-refractivity contribution in [2.45, 2.75) is 18.4 Å². The summed E-state index contributed by atoms with van der Waals surface area (Å²) < 4.78 is 1.10. The quantitative estimate of drug-likeness (QED) is 0.691. The number of aliphatic hydroxyl groups is 1. The highest BCUT2D eigenvalue weighted by Crippen LogP contribution is 2.34. The Labute approximate surface area is 91.9 Å². The van der Waals surface area contributed by atoms with Crippen LogP contribution in [-0.4, -0.2) is 32.9 Å². The van der Waals surface area contributed by atoms with Gasteiger partial charge in [-0.05, 0) is 18.9 Å². The molecule has 16 heavy (non-hydrogen) atoms. The Hall–Kier alpha value is -1.69. The van der Waals surface area contributed by atoms with Gasteiger partial charge in [-0.15, -0.1) is 0 Å². The SMILES string of the molecule is Cn1nc(C(=O)NC2(CO)CC2)ccc1=O. The molecule has 86 valence electrons. The summed E-state index contributed by atoms with van der Waals surface area (Å²) >= 11 is 0. The van der Waals surface area contributed by atoms with Gasteiger partial charge in [0, 0.05) is 13.1 Å². The van der Waals surface area contributed by atoms with Crippen LogP contribution in [0.25, 0.3) is 0 Å². The summed E-state index contributed by atoms with van der Waals surface area (Å²) in [4.78, 5) is 22.8. The third kappa shape index (κ3) is 1.96. The van der Waals surface area contributed by atoms with Crippen LogP contribution in [0, 0.1) is 0 Å². The molecule has 0 spiro atoms. The third-order valence-electron chi connectivity index (χ3n) is 2.73. The molecule has 1 aliphatic rings. The summed E-state index contributed by atoms with van der Waals surface area (Å²) in [5.74, 6) is -0.359. The summed E-state index contributed by atoms with van der Waals surface area (Å²) in [6, 6.07) is 2.67. The van der Waals surface area contributed by atoms with Crippen LogP contribution in [-0.2, 0) is 7.05 Å². The zero-order valence-electron chi connectivity index (χ0n) is 8.93. The number of carbonyl (C=O) groups is 1. The van der Waals surface area contributed by atoms with Crippen molar-refractivity contribution in [2.75, 3.05) is 6.61 Å². The number of aliphatic hydroxyl groups excluding tert-OH is 1. The van der Waals surface area contributed by atoms with Gasteiger partial charge in [0.25, 0.3) is 11.5 Å². The van der Waals surface area contributed by atoms with Crippen LogP contribution in [0.1, 0.15) is 23.3 Å². The highest BCUT2D eigenvalue weighted by molar-refractivity contribution is 5.92.